The lowest BCUT2D eigenvalue weighted by atomic mass is 10.2. The number of benzene rings is 1. The number of hydrogen-bond donors (Lipinski definition) is 0. The molecule has 0 aliphatic rings. The number of carbonyl (C=O) groups excluding carboxylic acids is 1. The second-order valence-corrected chi connectivity index (χ2v) is 5.79. The molecule has 0 saturated carbocycles. The van der Waals surface area contributed by atoms with Crippen molar-refractivity contribution in [3.05, 3.63) is 54.7 Å². The van der Waals surface area contributed by atoms with Crippen molar-refractivity contribution in [2.45, 2.75) is 6.92 Å². The fraction of sp³-hybridized carbons (Fsp3) is 0.154. The number of thiophene rings is 1. The molecule has 0 atom stereocenters. The van der Waals surface area contributed by atoms with E-state index < -0.39 is 4.92 Å². The van der Waals surface area contributed by atoms with Crippen LogP contribution in [-0.2, 0) is 0 Å². The van der Waals surface area contributed by atoms with Crippen LogP contribution in [0.1, 0.15) is 15.2 Å². The minimum absolute atomic E-state index is 0.0321. The van der Waals surface area contributed by atoms with E-state index in [1.807, 2.05) is 5.38 Å². The molecule has 0 fully saturated rings. The molecule has 0 amide bonds. The van der Waals surface area contributed by atoms with Gasteiger partial charge in [0.1, 0.15) is 5.75 Å². The molecule has 104 valence electrons. The maximum Gasteiger partial charge on any atom is 0.272 e. The Morgan fingerprint density at radius 3 is 2.75 bits per heavy atom. The van der Waals surface area contributed by atoms with Crippen LogP contribution in [0, 0.1) is 17.0 Å². The topological polar surface area (TPSA) is 69.4 Å². The number of hydrogen-bond acceptors (Lipinski definition) is 5. The zero-order valence-electron chi connectivity index (χ0n) is 10.5. The van der Waals surface area contributed by atoms with Crippen LogP contribution in [-0.4, -0.2) is 17.3 Å². The quantitative estimate of drug-likeness (QED) is 0.461. The Bertz CT molecular complexity index is 668. The first-order valence-corrected chi connectivity index (χ1v) is 7.30. The predicted molar refractivity (Wildman–Crippen MR) is 79.7 cm³/mol. The van der Waals surface area contributed by atoms with Crippen molar-refractivity contribution in [2.75, 3.05) is 6.61 Å². The molecule has 0 saturated heterocycles. The van der Waals surface area contributed by atoms with Gasteiger partial charge in [-0.1, -0.05) is 0 Å². The summed E-state index contributed by atoms with van der Waals surface area (Å²) in [6, 6.07) is 6.21. The monoisotopic (exact) mass is 355 g/mol. The van der Waals surface area contributed by atoms with E-state index in [9.17, 15) is 14.9 Å². The van der Waals surface area contributed by atoms with Crippen molar-refractivity contribution < 1.29 is 14.5 Å². The Labute approximate surface area is 127 Å². The molecule has 1 aromatic heterocycles. The van der Waals surface area contributed by atoms with E-state index in [1.165, 1.54) is 23.5 Å². The molecule has 20 heavy (non-hydrogen) atoms. The van der Waals surface area contributed by atoms with Gasteiger partial charge in [-0.15, -0.1) is 11.3 Å². The Kier molecular flexibility index (Phi) is 4.51. The van der Waals surface area contributed by atoms with Gasteiger partial charge in [0.2, 0.25) is 5.78 Å². The lowest BCUT2D eigenvalue weighted by Gasteiger charge is -2.06. The average molecular weight is 356 g/mol. The van der Waals surface area contributed by atoms with Crippen LogP contribution < -0.4 is 4.74 Å². The van der Waals surface area contributed by atoms with E-state index >= 15 is 0 Å². The van der Waals surface area contributed by atoms with Crippen LogP contribution in [0.25, 0.3) is 0 Å². The first-order valence-electron chi connectivity index (χ1n) is 5.63. The summed E-state index contributed by atoms with van der Waals surface area (Å²) in [6.07, 6.45) is 0. The number of Topliss-reactive ketones (excluding diaryl/α,β-unsaturated/α-hetero) is 1. The van der Waals surface area contributed by atoms with Crippen molar-refractivity contribution in [1.82, 2.24) is 0 Å². The van der Waals surface area contributed by atoms with Crippen molar-refractivity contribution in [3.8, 4) is 5.75 Å². The number of halogens is 1. The number of ketones is 1. The summed E-state index contributed by atoms with van der Waals surface area (Å²) in [6.45, 7) is 1.53. The highest BCUT2D eigenvalue weighted by Crippen LogP contribution is 2.25. The van der Waals surface area contributed by atoms with E-state index in [1.54, 1.807) is 19.1 Å². The average Bonchev–Trinajstić information content (AvgIpc) is 2.82. The smallest absolute Gasteiger partial charge is 0.272 e. The normalized spacial score (nSPS) is 10.3. The van der Waals surface area contributed by atoms with Crippen LogP contribution in [0.5, 0.6) is 5.75 Å². The van der Waals surface area contributed by atoms with Crippen LogP contribution in [0.15, 0.2) is 34.1 Å². The van der Waals surface area contributed by atoms with Crippen molar-refractivity contribution >= 4 is 38.7 Å². The third-order valence-electron chi connectivity index (χ3n) is 2.61. The van der Waals surface area contributed by atoms with Gasteiger partial charge in [-0.25, -0.2) is 0 Å². The lowest BCUT2D eigenvalue weighted by Crippen LogP contribution is -2.10. The van der Waals surface area contributed by atoms with Gasteiger partial charge in [0.05, 0.1) is 9.80 Å². The molecular weight excluding hydrogens is 346 g/mol. The SMILES string of the molecule is Cc1cc(OCC(=O)c2sccc2Br)ccc1[N+](=O)[O-]. The number of rotatable bonds is 5. The Morgan fingerprint density at radius 2 is 2.20 bits per heavy atom. The highest BCUT2D eigenvalue weighted by Gasteiger charge is 2.14. The number of nitrogens with zero attached hydrogens (tertiary/aromatic N) is 1. The van der Waals surface area contributed by atoms with Crippen molar-refractivity contribution in [2.24, 2.45) is 0 Å². The molecule has 1 heterocycles. The molecule has 0 N–H and O–H groups in total. The van der Waals surface area contributed by atoms with Gasteiger partial charge in [-0.3, -0.25) is 14.9 Å². The summed E-state index contributed by atoms with van der Waals surface area (Å²) in [7, 11) is 0. The van der Waals surface area contributed by atoms with Crippen LogP contribution >= 0.6 is 27.3 Å². The Hall–Kier alpha value is -1.73. The van der Waals surface area contributed by atoms with Gasteiger partial charge >= 0.3 is 0 Å². The van der Waals surface area contributed by atoms with Gasteiger partial charge < -0.3 is 4.74 Å². The van der Waals surface area contributed by atoms with Gasteiger partial charge in [-0.05, 0) is 46.4 Å². The standard InChI is InChI=1S/C13H10BrNO4S/c1-8-6-9(2-3-11(8)15(17)18)19-7-12(16)13-10(14)4-5-20-13/h2-6H,7H2,1H3. The zero-order valence-corrected chi connectivity index (χ0v) is 12.9. The minimum Gasteiger partial charge on any atom is -0.485 e. The molecule has 0 unspecified atom stereocenters. The lowest BCUT2D eigenvalue weighted by molar-refractivity contribution is -0.385. The molecule has 0 radical (unpaired) electrons. The molecule has 0 aliphatic heterocycles. The summed E-state index contributed by atoms with van der Waals surface area (Å²) < 4.78 is 6.12. The summed E-state index contributed by atoms with van der Waals surface area (Å²) in [4.78, 5) is 22.8. The molecule has 0 bridgehead atoms. The number of nitro groups is 1. The Morgan fingerprint density at radius 1 is 1.45 bits per heavy atom. The highest BCUT2D eigenvalue weighted by molar-refractivity contribution is 9.10. The van der Waals surface area contributed by atoms with Crippen LogP contribution in [0.2, 0.25) is 0 Å². The van der Waals surface area contributed by atoms with E-state index in [4.69, 9.17) is 4.74 Å². The summed E-state index contributed by atoms with van der Waals surface area (Å²) >= 11 is 4.63. The van der Waals surface area contributed by atoms with Crippen molar-refractivity contribution in [1.29, 1.82) is 0 Å². The third kappa shape index (κ3) is 3.23. The zero-order chi connectivity index (χ0) is 14.7. The fourth-order valence-electron chi connectivity index (χ4n) is 1.63. The predicted octanol–water partition coefficient (Wildman–Crippen LogP) is 3.99. The molecular formula is C13H10BrNO4S. The van der Waals surface area contributed by atoms with E-state index in [-0.39, 0.29) is 18.1 Å². The largest absolute Gasteiger partial charge is 0.485 e. The first-order chi connectivity index (χ1) is 9.49. The summed E-state index contributed by atoms with van der Waals surface area (Å²) in [5, 5.41) is 12.5. The van der Waals surface area contributed by atoms with Gasteiger partial charge in [0.15, 0.2) is 6.61 Å². The number of ether oxygens (including phenoxy) is 1. The van der Waals surface area contributed by atoms with E-state index in [2.05, 4.69) is 15.9 Å². The van der Waals surface area contributed by atoms with Crippen LogP contribution in [0.4, 0.5) is 5.69 Å². The number of nitro benzene ring substituents is 1. The van der Waals surface area contributed by atoms with E-state index in [0.717, 1.165) is 4.47 Å². The van der Waals surface area contributed by atoms with Crippen molar-refractivity contribution in [3.63, 3.8) is 0 Å². The Balaban J connectivity index is 2.05. The minimum atomic E-state index is -0.451. The molecule has 0 aliphatic carbocycles. The molecule has 7 heteroatoms. The first kappa shape index (κ1) is 14.7. The van der Waals surface area contributed by atoms with Gasteiger partial charge in [-0.2, -0.15) is 0 Å². The molecule has 2 rings (SSSR count). The van der Waals surface area contributed by atoms with Crippen LogP contribution in [0.3, 0.4) is 0 Å². The third-order valence-corrected chi connectivity index (χ3v) is 4.48. The maximum atomic E-state index is 11.9. The highest BCUT2D eigenvalue weighted by atomic mass is 79.9. The molecule has 2 aromatic rings. The van der Waals surface area contributed by atoms with Gasteiger partial charge in [0.25, 0.3) is 5.69 Å². The summed E-state index contributed by atoms with van der Waals surface area (Å²) in [5.74, 6) is 0.303. The second kappa shape index (κ2) is 6.15. The maximum absolute atomic E-state index is 11.9. The summed E-state index contributed by atoms with van der Waals surface area (Å²) in [5.41, 5.74) is 0.530. The molecule has 0 spiro atoms. The molecule has 5 nitrogen and oxygen atoms in total. The van der Waals surface area contributed by atoms with E-state index in [0.29, 0.717) is 16.2 Å². The molecule has 1 aromatic carbocycles. The second-order valence-electron chi connectivity index (χ2n) is 4.01. The fourth-order valence-corrected chi connectivity index (χ4v) is 3.15. The number of carbonyl (C=O) groups is 1. The number of aryl methyl sites for hydroxylation is 1. The van der Waals surface area contributed by atoms with Gasteiger partial charge in [0, 0.05) is 16.1 Å².